The summed E-state index contributed by atoms with van der Waals surface area (Å²) in [5.74, 6) is 0.0450. The van der Waals surface area contributed by atoms with E-state index in [2.05, 4.69) is 4.72 Å². The van der Waals surface area contributed by atoms with Crippen LogP contribution in [0, 0.1) is 11.3 Å². The zero-order valence-corrected chi connectivity index (χ0v) is 10.3. The smallest absolute Gasteiger partial charge is 0.232 e. The van der Waals surface area contributed by atoms with Crippen LogP contribution in [0.2, 0.25) is 5.02 Å². The summed E-state index contributed by atoms with van der Waals surface area (Å²) in [4.78, 5) is 0. The lowest BCUT2D eigenvalue weighted by atomic mass is 10.2. The molecule has 0 saturated carbocycles. The molecule has 0 amide bonds. The molecule has 0 aliphatic carbocycles. The minimum Gasteiger partial charge on any atom is -0.282 e. The zero-order valence-electron chi connectivity index (χ0n) is 8.70. The van der Waals surface area contributed by atoms with E-state index in [1.165, 1.54) is 18.2 Å². The summed E-state index contributed by atoms with van der Waals surface area (Å²) in [5.41, 5.74) is 0.692. The van der Waals surface area contributed by atoms with Crippen molar-refractivity contribution in [2.75, 3.05) is 10.5 Å². The van der Waals surface area contributed by atoms with E-state index >= 15 is 0 Å². The van der Waals surface area contributed by atoms with Crippen LogP contribution in [0.3, 0.4) is 0 Å². The lowest BCUT2D eigenvalue weighted by molar-refractivity contribution is 0.600. The number of nitriles is 1. The monoisotopic (exact) mass is 258 g/mol. The molecule has 86 valence electrons. The van der Waals surface area contributed by atoms with Gasteiger partial charge in [0.15, 0.2) is 0 Å². The highest BCUT2D eigenvalue weighted by Crippen LogP contribution is 2.23. The van der Waals surface area contributed by atoms with Crippen LogP contribution in [0.1, 0.15) is 18.9 Å². The number of nitrogens with zero attached hydrogens (tertiary/aromatic N) is 1. The van der Waals surface area contributed by atoms with Crippen molar-refractivity contribution in [3.8, 4) is 6.07 Å². The van der Waals surface area contributed by atoms with Gasteiger partial charge < -0.3 is 0 Å². The maximum absolute atomic E-state index is 11.5. The standard InChI is InChI=1S/C10H11ClN2O2S/c1-2-5-16(14,15)13-10-4-3-8(7-12)6-9(10)11/h3-4,6,13H,2,5H2,1H3. The molecule has 0 radical (unpaired) electrons. The van der Waals surface area contributed by atoms with Gasteiger partial charge in [0.2, 0.25) is 10.0 Å². The molecule has 0 bridgehead atoms. The van der Waals surface area contributed by atoms with E-state index in [0.29, 0.717) is 17.7 Å². The minimum atomic E-state index is -3.34. The van der Waals surface area contributed by atoms with Crippen LogP contribution in [-0.2, 0) is 10.0 Å². The summed E-state index contributed by atoms with van der Waals surface area (Å²) in [5, 5.41) is 8.84. The third kappa shape index (κ3) is 3.40. The molecular weight excluding hydrogens is 248 g/mol. The van der Waals surface area contributed by atoms with Crippen molar-refractivity contribution in [3.63, 3.8) is 0 Å². The number of nitrogens with one attached hydrogen (secondary N) is 1. The highest BCUT2D eigenvalue weighted by Gasteiger charge is 2.11. The third-order valence-electron chi connectivity index (χ3n) is 1.84. The Bertz CT molecular complexity index is 520. The van der Waals surface area contributed by atoms with Crippen LogP contribution in [0.4, 0.5) is 5.69 Å². The molecule has 6 heteroatoms. The van der Waals surface area contributed by atoms with Crippen LogP contribution in [-0.4, -0.2) is 14.2 Å². The van der Waals surface area contributed by atoms with E-state index in [-0.39, 0.29) is 10.8 Å². The molecule has 0 fully saturated rings. The van der Waals surface area contributed by atoms with Crippen LogP contribution in [0.25, 0.3) is 0 Å². The van der Waals surface area contributed by atoms with E-state index in [1.807, 2.05) is 6.07 Å². The number of hydrogen-bond donors (Lipinski definition) is 1. The Labute approximate surface area is 99.9 Å². The summed E-state index contributed by atoms with van der Waals surface area (Å²) in [6.07, 6.45) is 0.531. The van der Waals surface area contributed by atoms with Gasteiger partial charge in [-0.25, -0.2) is 8.42 Å². The number of hydrogen-bond acceptors (Lipinski definition) is 3. The Morgan fingerprint density at radius 3 is 2.69 bits per heavy atom. The molecule has 0 heterocycles. The largest absolute Gasteiger partial charge is 0.282 e. The molecule has 1 N–H and O–H groups in total. The minimum absolute atomic E-state index is 0.0450. The van der Waals surface area contributed by atoms with E-state index in [4.69, 9.17) is 16.9 Å². The van der Waals surface area contributed by atoms with Gasteiger partial charge in [-0.3, -0.25) is 4.72 Å². The number of sulfonamides is 1. The highest BCUT2D eigenvalue weighted by atomic mass is 35.5. The number of anilines is 1. The van der Waals surface area contributed by atoms with Crippen molar-refractivity contribution >= 4 is 27.3 Å². The van der Waals surface area contributed by atoms with Crippen molar-refractivity contribution in [2.45, 2.75) is 13.3 Å². The predicted octanol–water partition coefficient (Wildman–Crippen LogP) is 2.36. The average molecular weight is 259 g/mol. The summed E-state index contributed by atoms with van der Waals surface area (Å²) >= 11 is 5.84. The van der Waals surface area contributed by atoms with Gasteiger partial charge in [0.1, 0.15) is 0 Å². The zero-order chi connectivity index (χ0) is 12.2. The molecule has 4 nitrogen and oxygen atoms in total. The second-order valence-corrected chi connectivity index (χ2v) is 5.48. The van der Waals surface area contributed by atoms with Gasteiger partial charge in [0, 0.05) is 0 Å². The summed E-state index contributed by atoms with van der Waals surface area (Å²) < 4.78 is 25.3. The second kappa shape index (κ2) is 5.19. The van der Waals surface area contributed by atoms with E-state index < -0.39 is 10.0 Å². The molecule has 0 aromatic heterocycles. The van der Waals surface area contributed by atoms with Gasteiger partial charge >= 0.3 is 0 Å². The summed E-state index contributed by atoms with van der Waals surface area (Å²) in [6.45, 7) is 1.78. The fraction of sp³-hybridized carbons (Fsp3) is 0.300. The van der Waals surface area contributed by atoms with Crippen LogP contribution in [0.5, 0.6) is 0 Å². The molecule has 1 rings (SSSR count). The molecule has 1 aromatic carbocycles. The first-order chi connectivity index (χ1) is 7.48. The van der Waals surface area contributed by atoms with Crippen molar-refractivity contribution < 1.29 is 8.42 Å². The molecule has 0 aliphatic heterocycles. The maximum Gasteiger partial charge on any atom is 0.232 e. The van der Waals surface area contributed by atoms with Crippen molar-refractivity contribution in [1.29, 1.82) is 5.26 Å². The van der Waals surface area contributed by atoms with Crippen LogP contribution >= 0.6 is 11.6 Å². The average Bonchev–Trinajstić information content (AvgIpc) is 2.20. The van der Waals surface area contributed by atoms with E-state index in [1.54, 1.807) is 6.92 Å². The second-order valence-electron chi connectivity index (χ2n) is 3.23. The van der Waals surface area contributed by atoms with Gasteiger partial charge in [0.25, 0.3) is 0 Å². The normalized spacial score (nSPS) is 10.8. The summed E-state index contributed by atoms with van der Waals surface area (Å²) in [6, 6.07) is 6.33. The van der Waals surface area contributed by atoms with Crippen molar-refractivity contribution in [2.24, 2.45) is 0 Å². The lowest BCUT2D eigenvalue weighted by Gasteiger charge is -2.08. The Hall–Kier alpha value is -1.25. The van der Waals surface area contributed by atoms with Gasteiger partial charge in [-0.05, 0) is 24.6 Å². The van der Waals surface area contributed by atoms with Crippen molar-refractivity contribution in [3.05, 3.63) is 28.8 Å². The quantitative estimate of drug-likeness (QED) is 0.901. The fourth-order valence-electron chi connectivity index (χ4n) is 1.15. The molecule has 0 aliphatic rings. The van der Waals surface area contributed by atoms with Crippen LogP contribution < -0.4 is 4.72 Å². The molecular formula is C10H11ClN2O2S. The fourth-order valence-corrected chi connectivity index (χ4v) is 2.59. The molecule has 0 saturated heterocycles. The Morgan fingerprint density at radius 1 is 1.50 bits per heavy atom. The Kier molecular flexibility index (Phi) is 4.16. The molecule has 1 aromatic rings. The Morgan fingerprint density at radius 2 is 2.19 bits per heavy atom. The topological polar surface area (TPSA) is 70.0 Å². The number of benzene rings is 1. The van der Waals surface area contributed by atoms with Gasteiger partial charge in [-0.2, -0.15) is 5.26 Å². The van der Waals surface area contributed by atoms with Gasteiger partial charge in [-0.15, -0.1) is 0 Å². The number of rotatable bonds is 4. The Balaban J connectivity index is 2.96. The molecule has 0 atom stereocenters. The first-order valence-electron chi connectivity index (χ1n) is 4.68. The maximum atomic E-state index is 11.5. The highest BCUT2D eigenvalue weighted by molar-refractivity contribution is 7.92. The first kappa shape index (κ1) is 12.8. The van der Waals surface area contributed by atoms with Gasteiger partial charge in [-0.1, -0.05) is 18.5 Å². The predicted molar refractivity (Wildman–Crippen MR) is 63.9 cm³/mol. The molecule has 0 unspecified atom stereocenters. The lowest BCUT2D eigenvalue weighted by Crippen LogP contribution is -2.16. The SMILES string of the molecule is CCCS(=O)(=O)Nc1ccc(C#N)cc1Cl. The summed E-state index contributed by atoms with van der Waals surface area (Å²) in [7, 11) is -3.34. The van der Waals surface area contributed by atoms with E-state index in [0.717, 1.165) is 0 Å². The van der Waals surface area contributed by atoms with E-state index in [9.17, 15) is 8.42 Å². The first-order valence-corrected chi connectivity index (χ1v) is 6.71. The van der Waals surface area contributed by atoms with Gasteiger partial charge in [0.05, 0.1) is 28.1 Å². The third-order valence-corrected chi connectivity index (χ3v) is 3.63. The van der Waals surface area contributed by atoms with Crippen molar-refractivity contribution in [1.82, 2.24) is 0 Å². The molecule has 16 heavy (non-hydrogen) atoms. The van der Waals surface area contributed by atoms with Crippen LogP contribution in [0.15, 0.2) is 18.2 Å². The number of halogens is 1. The molecule has 0 spiro atoms.